The molecular weight excluding hydrogens is 147 g/mol. The third-order valence-corrected chi connectivity index (χ3v) is 0.949. The van der Waals surface area contributed by atoms with Crippen LogP contribution in [0.5, 0.6) is 0 Å². The van der Waals surface area contributed by atoms with E-state index < -0.39 is 12.1 Å². The fraction of sp³-hybridized carbons (Fsp3) is 0.750. The largest absolute Gasteiger partial charge is 1.00 e. The van der Waals surface area contributed by atoms with E-state index in [0.717, 1.165) is 0 Å². The molecule has 0 rings (SSSR count). The molecule has 1 atom stereocenters. The van der Waals surface area contributed by atoms with Crippen LogP contribution >= 0.6 is 0 Å². The molecule has 0 aromatic carbocycles. The van der Waals surface area contributed by atoms with Crippen LogP contribution in [0.15, 0.2) is 0 Å². The monoisotopic (exact) mass is 155 g/mol. The Morgan fingerprint density at radius 1 is 1.78 bits per heavy atom. The second-order valence-electron chi connectivity index (χ2n) is 1.30. The van der Waals surface area contributed by atoms with Crippen molar-refractivity contribution in [2.75, 3.05) is 0 Å². The zero-order valence-corrected chi connectivity index (χ0v) is 8.84. The minimum Gasteiger partial charge on any atom is -0.515 e. The summed E-state index contributed by atoms with van der Waals surface area (Å²) >= 11 is 0. The molecule has 0 heterocycles. The molecule has 0 bridgehead atoms. The summed E-state index contributed by atoms with van der Waals surface area (Å²) in [6.45, 7) is 3.10. The Bertz CT molecular complexity index is 85.9. The van der Waals surface area contributed by atoms with Crippen LogP contribution in [-0.4, -0.2) is 26.9 Å². The van der Waals surface area contributed by atoms with Gasteiger partial charge >= 0.3 is 45.3 Å². The average molecular weight is 155 g/mol. The van der Waals surface area contributed by atoms with Crippen molar-refractivity contribution in [1.29, 1.82) is 0 Å². The van der Waals surface area contributed by atoms with Crippen LogP contribution in [-0.2, 0) is 9.22 Å². The fourth-order valence-corrected chi connectivity index (χ4v) is 0.558. The first kappa shape index (κ1) is 12.3. The van der Waals surface area contributed by atoms with E-state index in [1.165, 1.54) is 6.92 Å². The van der Waals surface area contributed by atoms with E-state index in [1.54, 1.807) is 6.55 Å². The van der Waals surface area contributed by atoms with Crippen LogP contribution in [0.25, 0.3) is 0 Å². The van der Waals surface area contributed by atoms with Crippen molar-refractivity contribution in [2.45, 2.75) is 19.6 Å². The molecular formula is C4H8NaO3Si+. The topological polar surface area (TPSA) is 46.5 Å². The Kier molecular flexibility index (Phi) is 9.27. The van der Waals surface area contributed by atoms with Crippen LogP contribution in [0.4, 0.5) is 0 Å². The first-order valence-corrected chi connectivity index (χ1v) is 3.64. The van der Waals surface area contributed by atoms with Gasteiger partial charge in [-0.05, 0) is 13.5 Å². The second kappa shape index (κ2) is 6.76. The van der Waals surface area contributed by atoms with Gasteiger partial charge in [0.05, 0.1) is 0 Å². The number of hydrogen-bond acceptors (Lipinski definition) is 3. The van der Waals surface area contributed by atoms with Crippen molar-refractivity contribution >= 4 is 15.7 Å². The molecule has 0 aliphatic heterocycles. The smallest absolute Gasteiger partial charge is 0.515 e. The molecule has 0 amide bonds. The molecule has 0 aliphatic rings. The third-order valence-electron chi connectivity index (χ3n) is 0.544. The van der Waals surface area contributed by atoms with E-state index >= 15 is 0 Å². The van der Waals surface area contributed by atoms with Gasteiger partial charge in [0.15, 0.2) is 0 Å². The first-order valence-electron chi connectivity index (χ1n) is 2.24. The van der Waals surface area contributed by atoms with Gasteiger partial charge in [0.25, 0.3) is 0 Å². The molecule has 0 fully saturated rings. The van der Waals surface area contributed by atoms with Gasteiger partial charge in [0.1, 0.15) is 6.10 Å². The number of carbonyl (C=O) groups excluding carboxylic acids is 1. The molecule has 0 saturated carbocycles. The average Bonchev–Trinajstić information content (AvgIpc) is 1.67. The maximum absolute atomic E-state index is 10.3. The summed E-state index contributed by atoms with van der Waals surface area (Å²) in [4.78, 5) is 10.3. The molecule has 1 unspecified atom stereocenters. The quantitative estimate of drug-likeness (QED) is 0.422. The zero-order chi connectivity index (χ0) is 6.57. The fourth-order valence-electron chi connectivity index (χ4n) is 0.186. The van der Waals surface area contributed by atoms with Gasteiger partial charge in [-0.15, -0.1) is 0 Å². The molecule has 0 aromatic heterocycles. The minimum atomic E-state index is -0.984. The minimum absolute atomic E-state index is 0. The summed E-state index contributed by atoms with van der Waals surface area (Å²) in [5.41, 5.74) is 0. The molecule has 0 aromatic rings. The second-order valence-corrected chi connectivity index (χ2v) is 1.91. The summed E-state index contributed by atoms with van der Waals surface area (Å²) in [6, 6.07) is 0. The zero-order valence-electron chi connectivity index (χ0n) is 5.84. The number of hydrogen-bond donors (Lipinski definition) is 1. The summed E-state index contributed by atoms with van der Waals surface area (Å²) in [6.07, 6.45) is -0.984. The molecule has 3 nitrogen and oxygen atoms in total. The number of carbonyl (C=O) groups is 1. The Labute approximate surface area is 79.0 Å². The Balaban J connectivity index is 0. The van der Waals surface area contributed by atoms with Crippen LogP contribution in [0.3, 0.4) is 0 Å². The van der Waals surface area contributed by atoms with Gasteiger partial charge in [0, 0.05) is 0 Å². The van der Waals surface area contributed by atoms with Gasteiger partial charge in [-0.3, -0.25) is 4.79 Å². The standard InChI is InChI=1S/C4H8O3Si.Na/c1-3(5)4(6)7-8-2;/h3,5H,1-2H3;/q;+1. The van der Waals surface area contributed by atoms with Crippen LogP contribution in [0, 0.1) is 0 Å². The van der Waals surface area contributed by atoms with Crippen LogP contribution < -0.4 is 29.6 Å². The predicted molar refractivity (Wildman–Crippen MR) is 29.4 cm³/mol. The van der Waals surface area contributed by atoms with Crippen molar-refractivity contribution in [3.8, 4) is 0 Å². The maximum atomic E-state index is 10.3. The first-order chi connectivity index (χ1) is 3.68. The molecule has 9 heavy (non-hydrogen) atoms. The summed E-state index contributed by atoms with van der Waals surface area (Å²) in [7, 11) is 0.121. The van der Waals surface area contributed by atoms with Crippen LogP contribution in [0.2, 0.25) is 6.55 Å². The van der Waals surface area contributed by atoms with Crippen molar-refractivity contribution < 1.29 is 43.9 Å². The molecule has 5 heteroatoms. The van der Waals surface area contributed by atoms with E-state index in [4.69, 9.17) is 5.11 Å². The normalized spacial score (nSPS) is 11.4. The molecule has 0 aliphatic carbocycles. The van der Waals surface area contributed by atoms with Crippen molar-refractivity contribution in [2.24, 2.45) is 0 Å². The van der Waals surface area contributed by atoms with E-state index in [2.05, 4.69) is 4.43 Å². The number of rotatable bonds is 2. The predicted octanol–water partition coefficient (Wildman–Crippen LogP) is -3.42. The van der Waals surface area contributed by atoms with Gasteiger partial charge in [-0.2, -0.15) is 0 Å². The molecule has 46 valence electrons. The van der Waals surface area contributed by atoms with Crippen molar-refractivity contribution in [1.82, 2.24) is 0 Å². The molecule has 0 spiro atoms. The molecule has 0 saturated heterocycles. The van der Waals surface area contributed by atoms with E-state index in [0.29, 0.717) is 0 Å². The van der Waals surface area contributed by atoms with Crippen LogP contribution in [0.1, 0.15) is 6.92 Å². The summed E-state index contributed by atoms with van der Waals surface area (Å²) in [5.74, 6) is -0.550. The summed E-state index contributed by atoms with van der Waals surface area (Å²) in [5, 5.41) is 8.48. The van der Waals surface area contributed by atoms with E-state index in [-0.39, 0.29) is 39.3 Å². The molecule has 1 N–H and O–H groups in total. The summed E-state index contributed by atoms with van der Waals surface area (Å²) < 4.78 is 4.44. The van der Waals surface area contributed by atoms with Crippen molar-refractivity contribution in [3.05, 3.63) is 0 Å². The van der Waals surface area contributed by atoms with Gasteiger partial charge in [0.2, 0.25) is 0 Å². The Morgan fingerprint density at radius 2 is 2.22 bits per heavy atom. The SMILES string of the molecule is C[Si]OC(=O)C(C)O.[Na+]. The third kappa shape index (κ3) is 6.53. The van der Waals surface area contributed by atoms with Gasteiger partial charge < -0.3 is 9.53 Å². The van der Waals surface area contributed by atoms with Gasteiger partial charge in [-0.25, -0.2) is 0 Å². The molecule has 2 radical (unpaired) electrons. The van der Waals surface area contributed by atoms with Crippen molar-refractivity contribution in [3.63, 3.8) is 0 Å². The van der Waals surface area contributed by atoms with E-state index in [1.807, 2.05) is 0 Å². The number of aliphatic hydroxyl groups excluding tert-OH is 1. The van der Waals surface area contributed by atoms with Gasteiger partial charge in [-0.1, -0.05) is 0 Å². The van der Waals surface area contributed by atoms with E-state index in [9.17, 15) is 4.79 Å². The number of aliphatic hydroxyl groups is 1. The Hall–Kier alpha value is 0.647. The Morgan fingerprint density at radius 3 is 2.33 bits per heavy atom. The maximum Gasteiger partial charge on any atom is 1.00 e.